The number of methoxy groups -OCH3 is 2. The van der Waals surface area contributed by atoms with Gasteiger partial charge >= 0.3 is 11.9 Å². The molecule has 4 rings (SSSR count). The highest BCUT2D eigenvalue weighted by molar-refractivity contribution is 6.23. The molecule has 21 heavy (non-hydrogen) atoms. The molecule has 5 heteroatoms. The minimum atomic E-state index is -0.625. The molecule has 0 radical (unpaired) electrons. The summed E-state index contributed by atoms with van der Waals surface area (Å²) >= 11 is 0. The maximum Gasteiger partial charge on any atom is 0.346 e. The van der Waals surface area contributed by atoms with Gasteiger partial charge in [-0.3, -0.25) is 0 Å². The van der Waals surface area contributed by atoms with Crippen LogP contribution in [0, 0.1) is 0 Å². The SMILES string of the molecule is COc1cc2c3c(cc(OC)c4c3c1CC4)C(=O)OC2=O. The van der Waals surface area contributed by atoms with Crippen molar-refractivity contribution in [2.45, 2.75) is 12.8 Å². The summed E-state index contributed by atoms with van der Waals surface area (Å²) in [5, 5.41) is 1.57. The first-order valence-electron chi connectivity index (χ1n) is 6.65. The lowest BCUT2D eigenvalue weighted by atomic mass is 9.92. The van der Waals surface area contributed by atoms with Crippen molar-refractivity contribution in [2.24, 2.45) is 0 Å². The van der Waals surface area contributed by atoms with Gasteiger partial charge in [0.2, 0.25) is 0 Å². The van der Waals surface area contributed by atoms with Gasteiger partial charge in [-0.15, -0.1) is 0 Å². The molecular weight excluding hydrogens is 272 g/mol. The van der Waals surface area contributed by atoms with Crippen LogP contribution in [0.25, 0.3) is 10.8 Å². The summed E-state index contributed by atoms with van der Waals surface area (Å²) in [5.74, 6) is 0.0595. The van der Waals surface area contributed by atoms with Gasteiger partial charge in [0.05, 0.1) is 25.3 Å². The standard InChI is InChI=1S/C16H12O5/c1-19-11-5-9-14-10(16(18)21-15(9)17)6-12(20-2)8-4-3-7(11)13(8)14/h5-6H,3-4H2,1-2H3. The second kappa shape index (κ2) is 3.97. The van der Waals surface area contributed by atoms with Gasteiger partial charge in [-0.25, -0.2) is 9.59 Å². The summed E-state index contributed by atoms with van der Waals surface area (Å²) in [6, 6.07) is 3.33. The van der Waals surface area contributed by atoms with Crippen LogP contribution in [-0.2, 0) is 17.6 Å². The van der Waals surface area contributed by atoms with E-state index in [-0.39, 0.29) is 0 Å². The number of cyclic esters (lactones) is 2. The molecule has 2 aromatic carbocycles. The largest absolute Gasteiger partial charge is 0.496 e. The Balaban J connectivity index is 2.26. The zero-order chi connectivity index (χ0) is 14.7. The Morgan fingerprint density at radius 2 is 1.33 bits per heavy atom. The molecule has 0 aromatic heterocycles. The Labute approximate surface area is 120 Å². The summed E-state index contributed by atoms with van der Waals surface area (Å²) in [5.41, 5.74) is 2.81. The van der Waals surface area contributed by atoms with Crippen molar-refractivity contribution in [3.8, 4) is 11.5 Å². The summed E-state index contributed by atoms with van der Waals surface area (Å²) < 4.78 is 15.6. The molecule has 0 N–H and O–H groups in total. The van der Waals surface area contributed by atoms with Crippen molar-refractivity contribution in [3.05, 3.63) is 34.4 Å². The molecule has 0 unspecified atom stereocenters. The summed E-state index contributed by atoms with van der Waals surface area (Å²) in [6.07, 6.45) is 1.61. The second-order valence-corrected chi connectivity index (χ2v) is 5.14. The predicted octanol–water partition coefficient (Wildman–Crippen LogP) is 2.27. The van der Waals surface area contributed by atoms with Crippen molar-refractivity contribution in [3.63, 3.8) is 0 Å². The average Bonchev–Trinajstić information content (AvgIpc) is 2.93. The number of hydrogen-bond donors (Lipinski definition) is 0. The highest BCUT2D eigenvalue weighted by Gasteiger charge is 2.34. The number of hydrogen-bond acceptors (Lipinski definition) is 5. The van der Waals surface area contributed by atoms with E-state index in [0.29, 0.717) is 28.0 Å². The smallest absolute Gasteiger partial charge is 0.346 e. The van der Waals surface area contributed by atoms with Gasteiger partial charge in [-0.1, -0.05) is 0 Å². The lowest BCUT2D eigenvalue weighted by molar-refractivity contribution is 0.0390. The maximum absolute atomic E-state index is 12.0. The third-order valence-corrected chi connectivity index (χ3v) is 4.23. The van der Waals surface area contributed by atoms with Gasteiger partial charge < -0.3 is 14.2 Å². The van der Waals surface area contributed by atoms with Crippen molar-refractivity contribution in [2.75, 3.05) is 14.2 Å². The highest BCUT2D eigenvalue weighted by atomic mass is 16.6. The zero-order valence-corrected chi connectivity index (χ0v) is 11.6. The third kappa shape index (κ3) is 1.40. The quantitative estimate of drug-likeness (QED) is 0.625. The van der Waals surface area contributed by atoms with Crippen LogP contribution in [0.15, 0.2) is 12.1 Å². The summed E-state index contributed by atoms with van der Waals surface area (Å²) in [6.45, 7) is 0. The fourth-order valence-electron chi connectivity index (χ4n) is 3.35. The lowest BCUT2D eigenvalue weighted by Gasteiger charge is -2.19. The molecule has 2 aromatic rings. The first-order chi connectivity index (χ1) is 10.2. The minimum Gasteiger partial charge on any atom is -0.496 e. The number of esters is 2. The predicted molar refractivity (Wildman–Crippen MR) is 74.2 cm³/mol. The van der Waals surface area contributed by atoms with Crippen LogP contribution in [0.1, 0.15) is 31.8 Å². The van der Waals surface area contributed by atoms with Crippen molar-refractivity contribution < 1.29 is 23.8 Å². The Hall–Kier alpha value is -2.56. The van der Waals surface area contributed by atoms with Gasteiger partial charge in [0.1, 0.15) is 11.5 Å². The van der Waals surface area contributed by atoms with E-state index in [4.69, 9.17) is 14.2 Å². The van der Waals surface area contributed by atoms with Crippen molar-refractivity contribution in [1.82, 2.24) is 0 Å². The van der Waals surface area contributed by atoms with Gasteiger partial charge in [0.15, 0.2) is 0 Å². The van der Waals surface area contributed by atoms with E-state index < -0.39 is 11.9 Å². The molecule has 0 bridgehead atoms. The molecule has 1 heterocycles. The molecule has 0 atom stereocenters. The molecule has 5 nitrogen and oxygen atoms in total. The Morgan fingerprint density at radius 3 is 1.76 bits per heavy atom. The van der Waals surface area contributed by atoms with Crippen LogP contribution in [0.3, 0.4) is 0 Å². The van der Waals surface area contributed by atoms with Crippen molar-refractivity contribution >= 4 is 22.7 Å². The van der Waals surface area contributed by atoms with Crippen LogP contribution in [0.2, 0.25) is 0 Å². The molecule has 0 spiro atoms. The molecule has 0 fully saturated rings. The number of rotatable bonds is 2. The van der Waals surface area contributed by atoms with Crippen LogP contribution in [0.4, 0.5) is 0 Å². The molecule has 0 saturated heterocycles. The molecular formula is C16H12O5. The second-order valence-electron chi connectivity index (χ2n) is 5.14. The Bertz CT molecular complexity index is 770. The molecule has 1 aliphatic carbocycles. The molecule has 106 valence electrons. The van der Waals surface area contributed by atoms with Crippen LogP contribution in [-0.4, -0.2) is 26.2 Å². The molecule has 0 amide bonds. The third-order valence-electron chi connectivity index (χ3n) is 4.23. The average molecular weight is 284 g/mol. The Morgan fingerprint density at radius 1 is 0.857 bits per heavy atom. The fraction of sp³-hybridized carbons (Fsp3) is 0.250. The minimum absolute atomic E-state index is 0.381. The van der Waals surface area contributed by atoms with Crippen LogP contribution >= 0.6 is 0 Å². The lowest BCUT2D eigenvalue weighted by Crippen LogP contribution is -2.20. The topological polar surface area (TPSA) is 61.8 Å². The van der Waals surface area contributed by atoms with Gasteiger partial charge in [0.25, 0.3) is 0 Å². The van der Waals surface area contributed by atoms with Gasteiger partial charge in [-0.2, -0.15) is 0 Å². The number of ether oxygens (including phenoxy) is 3. The molecule has 0 saturated carbocycles. The fourth-order valence-corrected chi connectivity index (χ4v) is 3.35. The molecule has 1 aliphatic heterocycles. The van der Waals surface area contributed by atoms with E-state index in [1.54, 1.807) is 26.4 Å². The monoisotopic (exact) mass is 284 g/mol. The van der Waals surface area contributed by atoms with Crippen LogP contribution in [0.5, 0.6) is 11.5 Å². The van der Waals surface area contributed by atoms with E-state index in [1.807, 2.05) is 0 Å². The van der Waals surface area contributed by atoms with Gasteiger partial charge in [0, 0.05) is 16.5 Å². The summed E-state index contributed by atoms with van der Waals surface area (Å²) in [4.78, 5) is 24.0. The van der Waals surface area contributed by atoms with E-state index in [1.165, 1.54) is 0 Å². The Kier molecular flexibility index (Phi) is 2.31. The zero-order valence-electron chi connectivity index (χ0n) is 11.6. The summed E-state index contributed by atoms with van der Waals surface area (Å²) in [7, 11) is 3.14. The number of aryl methyl sites for hydroxylation is 2. The van der Waals surface area contributed by atoms with E-state index in [0.717, 1.165) is 29.4 Å². The number of carbonyl (C=O) groups is 2. The van der Waals surface area contributed by atoms with E-state index in [9.17, 15) is 9.59 Å². The van der Waals surface area contributed by atoms with Crippen molar-refractivity contribution in [1.29, 1.82) is 0 Å². The maximum atomic E-state index is 12.0. The first-order valence-corrected chi connectivity index (χ1v) is 6.65. The highest BCUT2D eigenvalue weighted by Crippen LogP contribution is 2.45. The normalized spacial score (nSPS) is 15.3. The van der Waals surface area contributed by atoms with E-state index in [2.05, 4.69) is 0 Å². The number of carbonyl (C=O) groups excluding carboxylic acids is 2. The first kappa shape index (κ1) is 12.2. The van der Waals surface area contributed by atoms with E-state index >= 15 is 0 Å². The van der Waals surface area contributed by atoms with Gasteiger partial charge in [-0.05, 0) is 30.4 Å². The molecule has 2 aliphatic rings. The number of benzene rings is 2. The van der Waals surface area contributed by atoms with Crippen LogP contribution < -0.4 is 9.47 Å².